The number of aromatic nitrogens is 1. The lowest BCUT2D eigenvalue weighted by Crippen LogP contribution is -2.40. The maximum Gasteiger partial charge on any atom is 0.325 e. The predicted molar refractivity (Wildman–Crippen MR) is 198 cm³/mol. The number of hydrogen-bond donors (Lipinski definition) is 4. The Balaban J connectivity index is 1.34. The Kier molecular flexibility index (Phi) is 12.7. The molecule has 4 N–H and O–H groups in total. The van der Waals surface area contributed by atoms with E-state index in [1.807, 2.05) is 50.2 Å². The van der Waals surface area contributed by atoms with Crippen LogP contribution in [-0.2, 0) is 22.6 Å². The zero-order chi connectivity index (χ0) is 37.4. The zero-order valence-electron chi connectivity index (χ0n) is 30.0. The molecule has 12 heteroatoms. The minimum atomic E-state index is -0.900. The van der Waals surface area contributed by atoms with Gasteiger partial charge in [0, 0.05) is 60.8 Å². The summed E-state index contributed by atoms with van der Waals surface area (Å²) < 4.78 is 31.5. The van der Waals surface area contributed by atoms with Gasteiger partial charge in [0.1, 0.15) is 29.1 Å². The van der Waals surface area contributed by atoms with Gasteiger partial charge in [-0.1, -0.05) is 42.5 Å². The van der Waals surface area contributed by atoms with Crippen molar-refractivity contribution in [3.8, 4) is 22.6 Å². The van der Waals surface area contributed by atoms with Crippen LogP contribution in [0.25, 0.3) is 23.0 Å². The molecule has 2 heterocycles. The van der Waals surface area contributed by atoms with Crippen LogP contribution in [0.4, 0.5) is 10.1 Å². The normalized spacial score (nSPS) is 15.3. The van der Waals surface area contributed by atoms with Crippen LogP contribution in [0.3, 0.4) is 0 Å². The second kappa shape index (κ2) is 17.4. The molecular formula is C40H45FN4O7. The van der Waals surface area contributed by atoms with Crippen molar-refractivity contribution in [3.05, 3.63) is 106 Å². The van der Waals surface area contributed by atoms with E-state index < -0.39 is 24.4 Å². The first-order chi connectivity index (χ1) is 25.1. The van der Waals surface area contributed by atoms with Crippen molar-refractivity contribution in [2.75, 3.05) is 46.3 Å². The summed E-state index contributed by atoms with van der Waals surface area (Å²) >= 11 is 0. The number of esters is 1. The number of anilines is 1. The van der Waals surface area contributed by atoms with Gasteiger partial charge in [0.2, 0.25) is 0 Å². The van der Waals surface area contributed by atoms with E-state index in [9.17, 15) is 19.8 Å². The zero-order valence-corrected chi connectivity index (χ0v) is 30.0. The molecule has 4 aromatic rings. The Hall–Kier alpha value is -5.14. The molecule has 3 aromatic carbocycles. The van der Waals surface area contributed by atoms with Crippen LogP contribution in [-0.4, -0.2) is 85.1 Å². The molecule has 274 valence electrons. The highest BCUT2D eigenvalue weighted by atomic mass is 19.1. The van der Waals surface area contributed by atoms with Gasteiger partial charge in [-0.15, -0.1) is 0 Å². The van der Waals surface area contributed by atoms with Gasteiger partial charge in [0.05, 0.1) is 34.0 Å². The third kappa shape index (κ3) is 8.83. The number of halogens is 1. The van der Waals surface area contributed by atoms with E-state index in [4.69, 9.17) is 14.2 Å². The molecule has 1 saturated heterocycles. The molecule has 52 heavy (non-hydrogen) atoms. The summed E-state index contributed by atoms with van der Waals surface area (Å²) in [6.07, 6.45) is 3.51. The number of β-amino-alcohol motifs (C(OH)–C–C–N with tert-alkyl or cyclic N) is 1. The van der Waals surface area contributed by atoms with E-state index in [1.165, 1.54) is 20.3 Å². The first-order valence-corrected chi connectivity index (χ1v) is 17.0. The molecule has 0 unspecified atom stereocenters. The highest BCUT2D eigenvalue weighted by Gasteiger charge is 2.23. The molecule has 2 atom stereocenters. The topological polar surface area (TPSA) is 142 Å². The van der Waals surface area contributed by atoms with Crippen molar-refractivity contribution in [1.82, 2.24) is 15.2 Å². The lowest BCUT2D eigenvalue weighted by atomic mass is 9.92. The van der Waals surface area contributed by atoms with E-state index in [0.29, 0.717) is 47.0 Å². The maximum atomic E-state index is 15.8. The number of aliphatic hydroxyl groups is 2. The van der Waals surface area contributed by atoms with Gasteiger partial charge in [0.15, 0.2) is 0 Å². The first-order valence-electron chi connectivity index (χ1n) is 17.0. The largest absolute Gasteiger partial charge is 0.496 e. The Labute approximate surface area is 303 Å². The number of likely N-dealkylation sites (tertiary alicyclic amines) is 1. The quantitative estimate of drug-likeness (QED) is 0.101. The number of benzene rings is 3. The molecule has 5 rings (SSSR count). The number of hydrogen-bond acceptors (Lipinski definition) is 10. The third-order valence-corrected chi connectivity index (χ3v) is 9.34. The molecule has 1 amide bonds. The van der Waals surface area contributed by atoms with Crippen LogP contribution in [0, 0.1) is 13.8 Å². The van der Waals surface area contributed by atoms with Gasteiger partial charge in [0.25, 0.3) is 5.91 Å². The Bertz CT molecular complexity index is 1950. The van der Waals surface area contributed by atoms with Crippen LogP contribution in [0.5, 0.6) is 11.5 Å². The van der Waals surface area contributed by atoms with E-state index >= 15 is 4.39 Å². The van der Waals surface area contributed by atoms with Crippen LogP contribution in [0.1, 0.15) is 50.3 Å². The molecule has 11 nitrogen and oxygen atoms in total. The fourth-order valence-corrected chi connectivity index (χ4v) is 6.30. The summed E-state index contributed by atoms with van der Waals surface area (Å²) in [6, 6.07) is 16.9. The van der Waals surface area contributed by atoms with E-state index in [2.05, 4.69) is 20.5 Å². The number of carbonyl (C=O) groups is 2. The number of nitrogens with one attached hydrogen (secondary N) is 2. The predicted octanol–water partition coefficient (Wildman–Crippen LogP) is 5.29. The van der Waals surface area contributed by atoms with Crippen molar-refractivity contribution < 1.29 is 38.4 Å². The number of rotatable bonds is 14. The summed E-state index contributed by atoms with van der Waals surface area (Å²) in [5, 5.41) is 25.3. The minimum absolute atomic E-state index is 0.192. The monoisotopic (exact) mass is 712 g/mol. The van der Waals surface area contributed by atoms with Crippen molar-refractivity contribution >= 4 is 29.5 Å². The summed E-state index contributed by atoms with van der Waals surface area (Å²) in [6.45, 7) is 5.54. The molecule has 1 aliphatic heterocycles. The summed E-state index contributed by atoms with van der Waals surface area (Å²) in [5.41, 5.74) is 6.77. The fraction of sp³-hybridized carbons (Fsp3) is 0.325. The fourth-order valence-electron chi connectivity index (χ4n) is 6.30. The van der Waals surface area contributed by atoms with Crippen molar-refractivity contribution in [2.24, 2.45) is 0 Å². The molecule has 1 aromatic heterocycles. The summed E-state index contributed by atoms with van der Waals surface area (Å²) in [5.74, 6) is -0.468. The van der Waals surface area contributed by atoms with Crippen molar-refractivity contribution in [2.45, 2.75) is 45.5 Å². The number of nitrogens with zero attached hydrogens (tertiary/aromatic N) is 2. The van der Waals surface area contributed by atoms with Gasteiger partial charge in [-0.05, 0) is 66.3 Å². The lowest BCUT2D eigenvalue weighted by Gasteiger charge is -2.18. The minimum Gasteiger partial charge on any atom is -0.496 e. The number of aliphatic hydroxyl groups excluding tert-OH is 2. The Morgan fingerprint density at radius 3 is 2.38 bits per heavy atom. The van der Waals surface area contributed by atoms with Crippen LogP contribution < -0.4 is 20.1 Å². The lowest BCUT2D eigenvalue weighted by molar-refractivity contribution is -0.144. The molecular weight excluding hydrogens is 667 g/mol. The molecule has 0 saturated carbocycles. The van der Waals surface area contributed by atoms with Crippen molar-refractivity contribution in [3.63, 3.8) is 0 Å². The number of carbonyl (C=O) groups excluding carboxylic acids is 2. The number of pyridine rings is 1. The average Bonchev–Trinajstić information content (AvgIpc) is 3.57. The molecule has 0 bridgehead atoms. The van der Waals surface area contributed by atoms with Gasteiger partial charge < -0.3 is 29.7 Å². The maximum absolute atomic E-state index is 15.8. The smallest absolute Gasteiger partial charge is 0.325 e. The number of methoxy groups -OCH3 is 3. The first kappa shape index (κ1) is 38.1. The summed E-state index contributed by atoms with van der Waals surface area (Å²) in [4.78, 5) is 31.7. The van der Waals surface area contributed by atoms with E-state index in [1.54, 1.807) is 37.6 Å². The average molecular weight is 713 g/mol. The highest BCUT2D eigenvalue weighted by Crippen LogP contribution is 2.34. The third-order valence-electron chi connectivity index (χ3n) is 9.34. The van der Waals surface area contributed by atoms with Gasteiger partial charge in [-0.2, -0.15) is 0 Å². The van der Waals surface area contributed by atoms with Crippen LogP contribution >= 0.6 is 0 Å². The standard InChI is InChI=1S/C40H45FN4O7/c1-24-26(16-33(41)27-12-13-28(37(17-27)50-3)19-43-36(23-46)40(49)52-5)8-6-9-31(24)32-10-7-11-34(25(32)2)44-39(48)35-18-38(51-4)29(20-42-35)21-45-15-14-30(47)22-45/h6-13,16-18,20,30,36,43,46-47H,14-15,19,21-23H2,1-5H3,(H,44,48)/b33-16-/t30-,36+/m0/s1. The molecule has 1 fully saturated rings. The van der Waals surface area contributed by atoms with Gasteiger partial charge in [-0.3, -0.25) is 24.8 Å². The Morgan fingerprint density at radius 2 is 1.71 bits per heavy atom. The van der Waals surface area contributed by atoms with Crippen LogP contribution in [0.2, 0.25) is 0 Å². The summed E-state index contributed by atoms with van der Waals surface area (Å²) in [7, 11) is 4.28. The molecule has 0 aliphatic carbocycles. The second-order valence-corrected chi connectivity index (χ2v) is 12.7. The van der Waals surface area contributed by atoms with E-state index in [-0.39, 0.29) is 24.2 Å². The van der Waals surface area contributed by atoms with Crippen molar-refractivity contribution in [1.29, 1.82) is 0 Å². The molecule has 1 aliphatic rings. The SMILES string of the molecule is COC(=O)[C@@H](CO)NCc1ccc(/C(F)=C/c2cccc(-c3cccc(NC(=O)c4cc(OC)c(CN5CC[C@H](O)C5)cn4)c3C)c2C)cc1OC. The van der Waals surface area contributed by atoms with Gasteiger partial charge in [-0.25, -0.2) is 4.39 Å². The Morgan fingerprint density at radius 1 is 1.00 bits per heavy atom. The number of amides is 1. The molecule has 0 spiro atoms. The molecule has 0 radical (unpaired) electrons. The van der Waals surface area contributed by atoms with E-state index in [0.717, 1.165) is 40.8 Å². The van der Waals surface area contributed by atoms with Crippen LogP contribution in [0.15, 0.2) is 66.9 Å². The highest BCUT2D eigenvalue weighted by molar-refractivity contribution is 6.04. The second-order valence-electron chi connectivity index (χ2n) is 12.7. The van der Waals surface area contributed by atoms with Gasteiger partial charge >= 0.3 is 5.97 Å². The number of ether oxygens (including phenoxy) is 3.